The van der Waals surface area contributed by atoms with Crippen LogP contribution in [0.5, 0.6) is 0 Å². The van der Waals surface area contributed by atoms with Crippen molar-refractivity contribution in [2.24, 2.45) is 0 Å². The summed E-state index contributed by atoms with van der Waals surface area (Å²) in [6.07, 6.45) is 1.36. The fraction of sp³-hybridized carbons (Fsp3) is 0.333. The predicted molar refractivity (Wildman–Crippen MR) is 85.9 cm³/mol. The van der Waals surface area contributed by atoms with Crippen molar-refractivity contribution in [3.63, 3.8) is 0 Å². The highest BCUT2D eigenvalue weighted by molar-refractivity contribution is 6.42. The van der Waals surface area contributed by atoms with E-state index in [1.165, 1.54) is 12.1 Å². The smallest absolute Gasteiger partial charge is 0.351 e. The fourth-order valence-corrected chi connectivity index (χ4v) is 1.81. The first kappa shape index (κ1) is 18.3. The van der Waals surface area contributed by atoms with E-state index in [-0.39, 0.29) is 12.2 Å². The van der Waals surface area contributed by atoms with Crippen molar-refractivity contribution in [3.05, 3.63) is 39.5 Å². The van der Waals surface area contributed by atoms with Gasteiger partial charge in [0.25, 0.3) is 0 Å². The lowest BCUT2D eigenvalue weighted by molar-refractivity contribution is -0.153. The number of carbonyl (C=O) groups is 2. The molecule has 0 amide bonds. The van der Waals surface area contributed by atoms with Gasteiger partial charge < -0.3 is 15.2 Å². The van der Waals surface area contributed by atoms with Crippen molar-refractivity contribution in [1.29, 1.82) is 0 Å². The Hall–Kier alpha value is -1.72. The highest BCUT2D eigenvalue weighted by Crippen LogP contribution is 2.23. The molecular formula is C15H17Cl2NO4. The molecule has 0 heterocycles. The Kier molecular flexibility index (Phi) is 6.26. The fourth-order valence-electron chi connectivity index (χ4n) is 1.50. The summed E-state index contributed by atoms with van der Waals surface area (Å²) >= 11 is 11.7. The molecule has 1 aromatic carbocycles. The molecular weight excluding hydrogens is 329 g/mol. The third-order valence-corrected chi connectivity index (χ3v) is 3.07. The van der Waals surface area contributed by atoms with Crippen LogP contribution in [0.15, 0.2) is 23.9 Å². The number of esters is 1. The first-order chi connectivity index (χ1) is 10.1. The zero-order valence-corrected chi connectivity index (χ0v) is 14.0. The summed E-state index contributed by atoms with van der Waals surface area (Å²) in [5.74, 6) is -1.75. The largest absolute Gasteiger partial charge is 0.477 e. The minimum Gasteiger partial charge on any atom is -0.477 e. The Bertz CT molecular complexity index is 606. The average molecular weight is 346 g/mol. The first-order valence-electron chi connectivity index (χ1n) is 6.44. The molecule has 5 nitrogen and oxygen atoms in total. The van der Waals surface area contributed by atoms with Gasteiger partial charge in [0.05, 0.1) is 10.0 Å². The van der Waals surface area contributed by atoms with E-state index in [0.29, 0.717) is 15.6 Å². The van der Waals surface area contributed by atoms with Crippen LogP contribution in [0.4, 0.5) is 0 Å². The maximum absolute atomic E-state index is 11.6. The van der Waals surface area contributed by atoms with Gasteiger partial charge in [0.2, 0.25) is 0 Å². The van der Waals surface area contributed by atoms with E-state index in [1.54, 1.807) is 32.9 Å². The maximum atomic E-state index is 11.6. The second kappa shape index (κ2) is 7.51. The van der Waals surface area contributed by atoms with Gasteiger partial charge in [-0.25, -0.2) is 4.79 Å². The van der Waals surface area contributed by atoms with Gasteiger partial charge in [-0.1, -0.05) is 29.3 Å². The highest BCUT2D eigenvalue weighted by atomic mass is 35.5. The number of nitrogens with one attached hydrogen (secondary N) is 1. The van der Waals surface area contributed by atoms with Crippen LogP contribution < -0.4 is 5.32 Å². The number of hydrogen-bond acceptors (Lipinski definition) is 4. The quantitative estimate of drug-likeness (QED) is 0.632. The SMILES string of the molecule is CC(C)(C)OC(=O)CN/C(=C/c1ccc(Cl)c(Cl)c1)C(=O)O. The van der Waals surface area contributed by atoms with Gasteiger partial charge >= 0.3 is 11.9 Å². The lowest BCUT2D eigenvalue weighted by Crippen LogP contribution is -2.32. The van der Waals surface area contributed by atoms with E-state index in [1.807, 2.05) is 0 Å². The predicted octanol–water partition coefficient (Wildman–Crippen LogP) is 3.35. The number of carboxylic acid groups (broad SMARTS) is 1. The second-order valence-electron chi connectivity index (χ2n) is 5.48. The van der Waals surface area contributed by atoms with Crippen LogP contribution in [0.1, 0.15) is 26.3 Å². The third kappa shape index (κ3) is 6.37. The molecule has 0 saturated carbocycles. The normalized spacial score (nSPS) is 12.0. The number of hydrogen-bond donors (Lipinski definition) is 2. The van der Waals surface area contributed by atoms with Crippen molar-refractivity contribution in [1.82, 2.24) is 5.32 Å². The molecule has 1 aromatic rings. The Labute approximate surface area is 138 Å². The molecule has 7 heteroatoms. The third-order valence-electron chi connectivity index (χ3n) is 2.33. The lowest BCUT2D eigenvalue weighted by Gasteiger charge is -2.19. The number of rotatable bonds is 5. The maximum Gasteiger partial charge on any atom is 0.351 e. The molecule has 120 valence electrons. The van der Waals surface area contributed by atoms with Crippen LogP contribution in [-0.2, 0) is 14.3 Å². The molecule has 0 unspecified atom stereocenters. The molecule has 0 radical (unpaired) electrons. The molecule has 0 aliphatic rings. The summed E-state index contributed by atoms with van der Waals surface area (Å²) in [6.45, 7) is 4.94. The van der Waals surface area contributed by atoms with Crippen molar-refractivity contribution < 1.29 is 19.4 Å². The van der Waals surface area contributed by atoms with Crippen LogP contribution in [0.3, 0.4) is 0 Å². The molecule has 0 bridgehead atoms. The van der Waals surface area contributed by atoms with Crippen molar-refractivity contribution in [2.45, 2.75) is 26.4 Å². The Morgan fingerprint density at radius 2 is 1.91 bits per heavy atom. The molecule has 22 heavy (non-hydrogen) atoms. The van der Waals surface area contributed by atoms with E-state index in [9.17, 15) is 9.59 Å². The van der Waals surface area contributed by atoms with Gasteiger partial charge in [0.15, 0.2) is 0 Å². The minimum atomic E-state index is -1.20. The van der Waals surface area contributed by atoms with Crippen LogP contribution >= 0.6 is 23.2 Å². The van der Waals surface area contributed by atoms with Gasteiger partial charge in [-0.3, -0.25) is 4.79 Å². The summed E-state index contributed by atoms with van der Waals surface area (Å²) in [7, 11) is 0. The Morgan fingerprint density at radius 3 is 2.41 bits per heavy atom. The molecule has 0 aliphatic carbocycles. The lowest BCUT2D eigenvalue weighted by atomic mass is 10.2. The van der Waals surface area contributed by atoms with Crippen molar-refractivity contribution >= 4 is 41.2 Å². The van der Waals surface area contributed by atoms with Crippen LogP contribution in [0.2, 0.25) is 10.0 Å². The highest BCUT2D eigenvalue weighted by Gasteiger charge is 2.17. The van der Waals surface area contributed by atoms with Crippen molar-refractivity contribution in [2.75, 3.05) is 6.54 Å². The zero-order chi connectivity index (χ0) is 16.9. The molecule has 0 spiro atoms. The number of halogens is 2. The van der Waals surface area contributed by atoms with Gasteiger partial charge in [0, 0.05) is 0 Å². The number of aliphatic carboxylic acids is 1. The Balaban J connectivity index is 2.81. The van der Waals surface area contributed by atoms with Gasteiger partial charge in [0.1, 0.15) is 17.8 Å². The molecule has 0 saturated heterocycles. The van der Waals surface area contributed by atoms with Gasteiger partial charge in [-0.2, -0.15) is 0 Å². The van der Waals surface area contributed by atoms with Crippen molar-refractivity contribution in [3.8, 4) is 0 Å². The molecule has 0 aromatic heterocycles. The van der Waals surface area contributed by atoms with Crippen LogP contribution in [0.25, 0.3) is 6.08 Å². The van der Waals surface area contributed by atoms with Crippen LogP contribution in [0, 0.1) is 0 Å². The molecule has 0 fully saturated rings. The first-order valence-corrected chi connectivity index (χ1v) is 7.20. The molecule has 0 aliphatic heterocycles. The number of carboxylic acids is 1. The van der Waals surface area contributed by atoms with E-state index < -0.39 is 17.5 Å². The van der Waals surface area contributed by atoms with E-state index in [0.717, 1.165) is 0 Å². The van der Waals surface area contributed by atoms with Crippen LogP contribution in [-0.4, -0.2) is 29.2 Å². The number of ether oxygens (including phenoxy) is 1. The summed E-state index contributed by atoms with van der Waals surface area (Å²) < 4.78 is 5.09. The molecule has 2 N–H and O–H groups in total. The number of benzene rings is 1. The summed E-state index contributed by atoms with van der Waals surface area (Å²) in [4.78, 5) is 22.8. The van der Waals surface area contributed by atoms with E-state index in [2.05, 4.69) is 5.32 Å². The number of carbonyl (C=O) groups excluding carboxylic acids is 1. The van der Waals surface area contributed by atoms with Gasteiger partial charge in [-0.15, -0.1) is 0 Å². The molecule has 1 rings (SSSR count). The Morgan fingerprint density at radius 1 is 1.27 bits per heavy atom. The van der Waals surface area contributed by atoms with E-state index >= 15 is 0 Å². The summed E-state index contributed by atoms with van der Waals surface area (Å²) in [5.41, 5.74) is -0.233. The monoisotopic (exact) mass is 345 g/mol. The summed E-state index contributed by atoms with van der Waals surface area (Å²) in [5, 5.41) is 12.4. The second-order valence-corrected chi connectivity index (χ2v) is 6.29. The average Bonchev–Trinajstić information content (AvgIpc) is 2.36. The topological polar surface area (TPSA) is 75.6 Å². The molecule has 0 atom stereocenters. The standard InChI is InChI=1S/C15H17Cl2NO4/c1-15(2,3)22-13(19)8-18-12(14(20)21)7-9-4-5-10(16)11(17)6-9/h4-7,18H,8H2,1-3H3,(H,20,21)/b12-7+. The van der Waals surface area contributed by atoms with Gasteiger partial charge in [-0.05, 0) is 44.5 Å². The zero-order valence-electron chi connectivity index (χ0n) is 12.4. The summed E-state index contributed by atoms with van der Waals surface area (Å²) in [6, 6.07) is 4.71. The van der Waals surface area contributed by atoms with E-state index in [4.69, 9.17) is 33.0 Å². The minimum absolute atomic E-state index is 0.149.